The molecule has 1 aliphatic rings. The van der Waals surface area contributed by atoms with Crippen LogP contribution in [0, 0.1) is 0 Å². The summed E-state index contributed by atoms with van der Waals surface area (Å²) < 4.78 is 0. The molecule has 0 saturated heterocycles. The summed E-state index contributed by atoms with van der Waals surface area (Å²) in [5.74, 6) is 0. The van der Waals surface area contributed by atoms with Crippen LogP contribution in [0.5, 0.6) is 0 Å². The predicted molar refractivity (Wildman–Crippen MR) is 50.3 cm³/mol. The Balaban J connectivity index is 2.55. The average Bonchev–Trinajstić information content (AvgIpc) is 2.39. The van der Waals surface area contributed by atoms with Crippen molar-refractivity contribution in [2.45, 2.75) is 58.4 Å². The molecule has 64 valence electrons. The molecule has 0 N–H and O–H groups in total. The van der Waals surface area contributed by atoms with Crippen molar-refractivity contribution in [2.75, 3.05) is 0 Å². The first-order valence-electron chi connectivity index (χ1n) is 4.71. The van der Waals surface area contributed by atoms with Gasteiger partial charge in [-0.3, -0.25) is 4.99 Å². The van der Waals surface area contributed by atoms with Gasteiger partial charge in [-0.1, -0.05) is 6.92 Å². The molecular weight excluding hydrogens is 134 g/mol. The quantitative estimate of drug-likeness (QED) is 0.577. The van der Waals surface area contributed by atoms with E-state index in [1.807, 2.05) is 0 Å². The molecule has 1 saturated carbocycles. The Kier molecular flexibility index (Phi) is 2.69. The molecule has 0 aromatic heterocycles. The maximum Gasteiger partial charge on any atom is 0.0548 e. The van der Waals surface area contributed by atoms with E-state index in [0.29, 0.717) is 0 Å². The average molecular weight is 153 g/mol. The second-order valence-corrected chi connectivity index (χ2v) is 4.05. The van der Waals surface area contributed by atoms with Crippen molar-refractivity contribution in [1.29, 1.82) is 0 Å². The third kappa shape index (κ3) is 2.64. The van der Waals surface area contributed by atoms with Crippen LogP contribution in [-0.2, 0) is 0 Å². The number of aliphatic imine (C=N–C) groups is 1. The fourth-order valence-electron chi connectivity index (χ4n) is 1.40. The lowest BCUT2D eigenvalue weighted by Gasteiger charge is -2.17. The zero-order chi connectivity index (χ0) is 8.32. The minimum atomic E-state index is 0.194. The Labute approximate surface area is 69.9 Å². The molecule has 0 aromatic rings. The third-order valence-electron chi connectivity index (χ3n) is 2.51. The minimum absolute atomic E-state index is 0.194. The fraction of sp³-hybridized carbons (Fsp3) is 0.900. The molecule has 0 spiro atoms. The SMILES string of the molecule is CCC(C)(C)N=C1CCCC1. The molecule has 0 bridgehead atoms. The van der Waals surface area contributed by atoms with E-state index in [0.717, 1.165) is 6.42 Å². The molecule has 1 nitrogen and oxygen atoms in total. The lowest BCUT2D eigenvalue weighted by atomic mass is 10.0. The molecule has 1 aliphatic carbocycles. The van der Waals surface area contributed by atoms with Crippen molar-refractivity contribution in [2.24, 2.45) is 4.99 Å². The van der Waals surface area contributed by atoms with Crippen LogP contribution in [0.4, 0.5) is 0 Å². The van der Waals surface area contributed by atoms with Gasteiger partial charge in [0.05, 0.1) is 5.54 Å². The van der Waals surface area contributed by atoms with Gasteiger partial charge in [0.1, 0.15) is 0 Å². The summed E-state index contributed by atoms with van der Waals surface area (Å²) in [7, 11) is 0. The Morgan fingerprint density at radius 1 is 1.27 bits per heavy atom. The van der Waals surface area contributed by atoms with Crippen molar-refractivity contribution in [3.63, 3.8) is 0 Å². The second kappa shape index (κ2) is 3.38. The maximum absolute atomic E-state index is 4.74. The topological polar surface area (TPSA) is 12.4 Å². The smallest absolute Gasteiger partial charge is 0.0548 e. The Morgan fingerprint density at radius 2 is 1.82 bits per heavy atom. The van der Waals surface area contributed by atoms with Gasteiger partial charge in [0.25, 0.3) is 0 Å². The molecule has 0 aromatic carbocycles. The summed E-state index contributed by atoms with van der Waals surface area (Å²) in [6.07, 6.45) is 6.38. The minimum Gasteiger partial charge on any atom is -0.288 e. The molecule has 11 heavy (non-hydrogen) atoms. The van der Waals surface area contributed by atoms with E-state index in [1.54, 1.807) is 0 Å². The summed E-state index contributed by atoms with van der Waals surface area (Å²) >= 11 is 0. The van der Waals surface area contributed by atoms with Gasteiger partial charge in [-0.2, -0.15) is 0 Å². The largest absolute Gasteiger partial charge is 0.288 e. The Bertz CT molecular complexity index is 148. The van der Waals surface area contributed by atoms with Gasteiger partial charge in [0.2, 0.25) is 0 Å². The molecule has 1 heteroatoms. The van der Waals surface area contributed by atoms with Crippen LogP contribution in [0.2, 0.25) is 0 Å². The van der Waals surface area contributed by atoms with E-state index < -0.39 is 0 Å². The molecule has 0 heterocycles. The van der Waals surface area contributed by atoms with Crippen molar-refractivity contribution >= 4 is 5.71 Å². The van der Waals surface area contributed by atoms with Crippen molar-refractivity contribution in [1.82, 2.24) is 0 Å². The molecule has 1 rings (SSSR count). The highest BCUT2D eigenvalue weighted by Crippen LogP contribution is 2.21. The number of rotatable bonds is 2. The summed E-state index contributed by atoms with van der Waals surface area (Å²) in [5, 5.41) is 0. The van der Waals surface area contributed by atoms with Crippen LogP contribution in [0.15, 0.2) is 4.99 Å². The zero-order valence-electron chi connectivity index (χ0n) is 7.98. The molecule has 0 aliphatic heterocycles. The first-order chi connectivity index (χ1) is 5.14. The molecule has 0 atom stereocenters. The fourth-order valence-corrected chi connectivity index (χ4v) is 1.40. The van der Waals surface area contributed by atoms with E-state index in [9.17, 15) is 0 Å². The van der Waals surface area contributed by atoms with E-state index in [4.69, 9.17) is 4.99 Å². The lowest BCUT2D eigenvalue weighted by molar-refractivity contribution is 0.503. The van der Waals surface area contributed by atoms with Gasteiger partial charge in [-0.15, -0.1) is 0 Å². The van der Waals surface area contributed by atoms with Crippen LogP contribution >= 0.6 is 0 Å². The number of hydrogen-bond donors (Lipinski definition) is 0. The van der Waals surface area contributed by atoms with Gasteiger partial charge in [0, 0.05) is 5.71 Å². The van der Waals surface area contributed by atoms with Crippen molar-refractivity contribution < 1.29 is 0 Å². The number of nitrogens with zero attached hydrogens (tertiary/aromatic N) is 1. The normalized spacial score (nSPS) is 19.0. The first-order valence-corrected chi connectivity index (χ1v) is 4.71. The van der Waals surface area contributed by atoms with Crippen LogP contribution in [-0.4, -0.2) is 11.3 Å². The van der Waals surface area contributed by atoms with E-state index in [1.165, 1.54) is 31.4 Å². The van der Waals surface area contributed by atoms with Crippen molar-refractivity contribution in [3.05, 3.63) is 0 Å². The standard InChI is InChI=1S/C10H19N/c1-4-10(2,3)11-9-7-5-6-8-9/h4-8H2,1-3H3. The van der Waals surface area contributed by atoms with Crippen LogP contribution in [0.3, 0.4) is 0 Å². The van der Waals surface area contributed by atoms with Crippen molar-refractivity contribution in [3.8, 4) is 0 Å². The maximum atomic E-state index is 4.74. The summed E-state index contributed by atoms with van der Waals surface area (Å²) in [6, 6.07) is 0. The highest BCUT2D eigenvalue weighted by molar-refractivity contribution is 5.86. The highest BCUT2D eigenvalue weighted by Gasteiger charge is 2.16. The highest BCUT2D eigenvalue weighted by atomic mass is 14.8. The Hall–Kier alpha value is -0.330. The van der Waals surface area contributed by atoms with Crippen LogP contribution in [0.1, 0.15) is 52.9 Å². The number of hydrogen-bond acceptors (Lipinski definition) is 1. The van der Waals surface area contributed by atoms with Gasteiger partial charge in [-0.25, -0.2) is 0 Å². The lowest BCUT2D eigenvalue weighted by Crippen LogP contribution is -2.16. The zero-order valence-corrected chi connectivity index (χ0v) is 7.98. The monoisotopic (exact) mass is 153 g/mol. The van der Waals surface area contributed by atoms with Gasteiger partial charge in [-0.05, 0) is 46.0 Å². The molecular formula is C10H19N. The van der Waals surface area contributed by atoms with E-state index in [2.05, 4.69) is 20.8 Å². The van der Waals surface area contributed by atoms with Gasteiger partial charge in [0.15, 0.2) is 0 Å². The van der Waals surface area contributed by atoms with Crippen LogP contribution < -0.4 is 0 Å². The third-order valence-corrected chi connectivity index (χ3v) is 2.51. The van der Waals surface area contributed by atoms with E-state index in [-0.39, 0.29) is 5.54 Å². The summed E-state index contributed by atoms with van der Waals surface area (Å²) in [5.41, 5.74) is 1.65. The first kappa shape index (κ1) is 8.76. The second-order valence-electron chi connectivity index (χ2n) is 4.05. The van der Waals surface area contributed by atoms with Gasteiger partial charge < -0.3 is 0 Å². The summed E-state index contributed by atoms with van der Waals surface area (Å²) in [6.45, 7) is 6.65. The predicted octanol–water partition coefficient (Wildman–Crippen LogP) is 3.19. The molecule has 0 amide bonds. The van der Waals surface area contributed by atoms with Crippen LogP contribution in [0.25, 0.3) is 0 Å². The molecule has 0 unspecified atom stereocenters. The Morgan fingerprint density at radius 3 is 2.27 bits per heavy atom. The van der Waals surface area contributed by atoms with E-state index >= 15 is 0 Å². The summed E-state index contributed by atoms with van der Waals surface area (Å²) in [4.78, 5) is 4.74. The van der Waals surface area contributed by atoms with Gasteiger partial charge >= 0.3 is 0 Å². The molecule has 1 fully saturated rings. The molecule has 0 radical (unpaired) electrons.